The Labute approximate surface area is 163 Å². The van der Waals surface area contributed by atoms with Crippen LogP contribution in [0.15, 0.2) is 6.33 Å². The largest absolute Gasteiger partial charge is 0.452 e. The van der Waals surface area contributed by atoms with Gasteiger partial charge in [-0.25, -0.2) is 9.97 Å². The van der Waals surface area contributed by atoms with Crippen molar-refractivity contribution in [2.45, 2.75) is 46.6 Å². The van der Waals surface area contributed by atoms with Crippen LogP contribution in [0.3, 0.4) is 0 Å². The lowest BCUT2D eigenvalue weighted by atomic mass is 9.96. The molecule has 0 bridgehead atoms. The van der Waals surface area contributed by atoms with E-state index in [0.717, 1.165) is 29.1 Å². The van der Waals surface area contributed by atoms with Crippen molar-refractivity contribution in [3.05, 3.63) is 16.8 Å². The topological polar surface area (TPSA) is 84.4 Å². The van der Waals surface area contributed by atoms with Gasteiger partial charge in [0.15, 0.2) is 6.10 Å². The summed E-state index contributed by atoms with van der Waals surface area (Å²) in [6, 6.07) is 0. The maximum atomic E-state index is 12.4. The summed E-state index contributed by atoms with van der Waals surface area (Å²) in [4.78, 5) is 37.5. The summed E-state index contributed by atoms with van der Waals surface area (Å²) in [5, 5.41) is 3.79. The van der Waals surface area contributed by atoms with Gasteiger partial charge in [-0.1, -0.05) is 0 Å². The van der Waals surface area contributed by atoms with Crippen molar-refractivity contribution in [3.8, 4) is 0 Å². The van der Waals surface area contributed by atoms with Gasteiger partial charge in [0.2, 0.25) is 0 Å². The molecule has 8 heteroatoms. The standard InChI is InChI=1S/C19H26N4O3S/c1-5-20-17(24)12(3)26-19(25)14-6-8-23(9-7-14)16-15-11(2)13(4)27-18(15)22-10-21-16/h10,12,14H,5-9H2,1-4H3,(H,20,24)/t12-/m1/s1. The molecule has 27 heavy (non-hydrogen) atoms. The number of fused-ring (bicyclic) bond motifs is 1. The number of carbonyl (C=O) groups excluding carboxylic acids is 2. The highest BCUT2D eigenvalue weighted by Crippen LogP contribution is 2.35. The number of hydrogen-bond donors (Lipinski definition) is 1. The maximum absolute atomic E-state index is 12.4. The minimum atomic E-state index is -0.756. The predicted octanol–water partition coefficient (Wildman–Crippen LogP) is 2.59. The fourth-order valence-corrected chi connectivity index (χ4v) is 4.36. The summed E-state index contributed by atoms with van der Waals surface area (Å²) in [5.74, 6) is 0.226. The van der Waals surface area contributed by atoms with Crippen LogP contribution in [0.1, 0.15) is 37.1 Å². The molecule has 7 nitrogen and oxygen atoms in total. The highest BCUT2D eigenvalue weighted by molar-refractivity contribution is 7.18. The Morgan fingerprint density at radius 2 is 2.04 bits per heavy atom. The molecule has 0 saturated carbocycles. The van der Waals surface area contributed by atoms with E-state index in [-0.39, 0.29) is 17.8 Å². The van der Waals surface area contributed by atoms with Crippen LogP contribution in [0.5, 0.6) is 0 Å². The molecular weight excluding hydrogens is 364 g/mol. The Morgan fingerprint density at radius 1 is 1.33 bits per heavy atom. The van der Waals surface area contributed by atoms with E-state index in [1.165, 1.54) is 10.4 Å². The van der Waals surface area contributed by atoms with Gasteiger partial charge in [0.1, 0.15) is 17.0 Å². The zero-order valence-corrected chi connectivity index (χ0v) is 17.1. The zero-order chi connectivity index (χ0) is 19.6. The minimum absolute atomic E-state index is 0.180. The Morgan fingerprint density at radius 3 is 2.70 bits per heavy atom. The van der Waals surface area contributed by atoms with Crippen molar-refractivity contribution in [3.63, 3.8) is 0 Å². The lowest BCUT2D eigenvalue weighted by Gasteiger charge is -2.32. The monoisotopic (exact) mass is 390 g/mol. The van der Waals surface area contributed by atoms with E-state index < -0.39 is 6.10 Å². The molecule has 146 valence electrons. The van der Waals surface area contributed by atoms with Crippen LogP contribution in [0.25, 0.3) is 10.2 Å². The van der Waals surface area contributed by atoms with Crippen molar-refractivity contribution in [2.75, 3.05) is 24.5 Å². The minimum Gasteiger partial charge on any atom is -0.452 e. The number of anilines is 1. The number of carbonyl (C=O) groups is 2. The predicted molar refractivity (Wildman–Crippen MR) is 106 cm³/mol. The average Bonchev–Trinajstić information content (AvgIpc) is 2.96. The van der Waals surface area contributed by atoms with E-state index in [2.05, 4.69) is 34.0 Å². The first-order chi connectivity index (χ1) is 12.9. The third-order valence-electron chi connectivity index (χ3n) is 5.09. The number of nitrogens with one attached hydrogen (secondary N) is 1. The van der Waals surface area contributed by atoms with Gasteiger partial charge in [-0.15, -0.1) is 11.3 Å². The van der Waals surface area contributed by atoms with E-state index in [1.807, 2.05) is 6.92 Å². The van der Waals surface area contributed by atoms with Gasteiger partial charge in [-0.2, -0.15) is 0 Å². The normalized spacial score (nSPS) is 16.4. The van der Waals surface area contributed by atoms with Gasteiger partial charge in [0, 0.05) is 24.5 Å². The fraction of sp³-hybridized carbons (Fsp3) is 0.579. The van der Waals surface area contributed by atoms with Gasteiger partial charge in [-0.05, 0) is 46.1 Å². The molecule has 0 spiro atoms. The molecule has 1 amide bonds. The number of piperidine rings is 1. The van der Waals surface area contributed by atoms with Crippen molar-refractivity contribution in [2.24, 2.45) is 5.92 Å². The van der Waals surface area contributed by atoms with E-state index in [4.69, 9.17) is 4.74 Å². The van der Waals surface area contributed by atoms with Gasteiger partial charge >= 0.3 is 5.97 Å². The Hall–Kier alpha value is -2.22. The molecule has 1 saturated heterocycles. The number of ether oxygens (including phenoxy) is 1. The van der Waals surface area contributed by atoms with Crippen LogP contribution in [0, 0.1) is 19.8 Å². The summed E-state index contributed by atoms with van der Waals surface area (Å²) < 4.78 is 5.34. The van der Waals surface area contributed by atoms with E-state index in [1.54, 1.807) is 24.6 Å². The third kappa shape index (κ3) is 4.05. The highest BCUT2D eigenvalue weighted by Gasteiger charge is 2.30. The molecule has 1 atom stereocenters. The van der Waals surface area contributed by atoms with Gasteiger partial charge in [0.05, 0.1) is 11.3 Å². The second kappa shape index (κ2) is 8.21. The van der Waals surface area contributed by atoms with Crippen molar-refractivity contribution in [1.29, 1.82) is 0 Å². The average molecular weight is 391 g/mol. The number of thiophene rings is 1. The SMILES string of the molecule is CCNC(=O)[C@@H](C)OC(=O)C1CCN(c2ncnc3sc(C)c(C)c23)CC1. The van der Waals surface area contributed by atoms with Crippen LogP contribution in [-0.4, -0.2) is 47.6 Å². The quantitative estimate of drug-likeness (QED) is 0.790. The molecule has 2 aromatic rings. The molecule has 0 radical (unpaired) electrons. The summed E-state index contributed by atoms with van der Waals surface area (Å²) in [6.45, 7) is 9.64. The number of aromatic nitrogens is 2. The first-order valence-electron chi connectivity index (χ1n) is 9.36. The summed E-state index contributed by atoms with van der Waals surface area (Å²) >= 11 is 1.69. The Kier molecular flexibility index (Phi) is 5.94. The first-order valence-corrected chi connectivity index (χ1v) is 10.2. The van der Waals surface area contributed by atoms with E-state index in [9.17, 15) is 9.59 Å². The van der Waals surface area contributed by atoms with Crippen LogP contribution in [0.4, 0.5) is 5.82 Å². The second-order valence-electron chi connectivity index (χ2n) is 6.90. The van der Waals surface area contributed by atoms with Crippen molar-refractivity contribution < 1.29 is 14.3 Å². The molecule has 2 aromatic heterocycles. The molecule has 0 aliphatic carbocycles. The lowest BCUT2D eigenvalue weighted by molar-refractivity contribution is -0.159. The number of amides is 1. The zero-order valence-electron chi connectivity index (χ0n) is 16.2. The summed E-state index contributed by atoms with van der Waals surface area (Å²) in [6.07, 6.45) is 2.23. The van der Waals surface area contributed by atoms with Gasteiger partial charge < -0.3 is 15.0 Å². The molecule has 1 aliphatic rings. The fourth-order valence-electron chi connectivity index (χ4n) is 3.37. The lowest BCUT2D eigenvalue weighted by Crippen LogP contribution is -2.40. The van der Waals surface area contributed by atoms with Crippen molar-refractivity contribution >= 4 is 39.2 Å². The number of aryl methyl sites for hydroxylation is 2. The van der Waals surface area contributed by atoms with Crippen molar-refractivity contribution in [1.82, 2.24) is 15.3 Å². The number of likely N-dealkylation sites (N-methyl/N-ethyl adjacent to an activating group) is 1. The number of hydrogen-bond acceptors (Lipinski definition) is 7. The smallest absolute Gasteiger partial charge is 0.309 e. The van der Waals surface area contributed by atoms with Gasteiger partial charge in [0.25, 0.3) is 5.91 Å². The van der Waals surface area contributed by atoms with Gasteiger partial charge in [-0.3, -0.25) is 9.59 Å². The molecular formula is C19H26N4O3S. The Balaban J connectivity index is 1.64. The molecule has 3 heterocycles. The molecule has 1 fully saturated rings. The molecule has 0 unspecified atom stereocenters. The number of nitrogens with zero attached hydrogens (tertiary/aromatic N) is 3. The molecule has 1 aliphatic heterocycles. The number of rotatable bonds is 5. The molecule has 3 rings (SSSR count). The van der Waals surface area contributed by atoms with E-state index in [0.29, 0.717) is 19.4 Å². The van der Waals surface area contributed by atoms with Crippen LogP contribution in [-0.2, 0) is 14.3 Å². The number of esters is 1. The summed E-state index contributed by atoms with van der Waals surface area (Å²) in [7, 11) is 0. The summed E-state index contributed by atoms with van der Waals surface area (Å²) in [5.41, 5.74) is 1.22. The van der Waals surface area contributed by atoms with Crippen LogP contribution >= 0.6 is 11.3 Å². The Bertz CT molecular complexity index is 843. The van der Waals surface area contributed by atoms with Crippen LogP contribution < -0.4 is 10.2 Å². The third-order valence-corrected chi connectivity index (χ3v) is 6.20. The maximum Gasteiger partial charge on any atom is 0.309 e. The first kappa shape index (κ1) is 19.5. The molecule has 1 N–H and O–H groups in total. The highest BCUT2D eigenvalue weighted by atomic mass is 32.1. The van der Waals surface area contributed by atoms with E-state index >= 15 is 0 Å². The van der Waals surface area contributed by atoms with Crippen LogP contribution in [0.2, 0.25) is 0 Å². The molecule has 0 aromatic carbocycles. The second-order valence-corrected chi connectivity index (χ2v) is 8.10.